The zero-order valence-corrected chi connectivity index (χ0v) is 8.22. The van der Waals surface area contributed by atoms with Crippen molar-refractivity contribution in [2.45, 2.75) is 6.42 Å². The van der Waals surface area contributed by atoms with Gasteiger partial charge in [-0.2, -0.15) is 0 Å². The van der Waals surface area contributed by atoms with Crippen molar-refractivity contribution >= 4 is 35.6 Å². The molecule has 0 saturated carbocycles. The summed E-state index contributed by atoms with van der Waals surface area (Å²) < 4.78 is 0. The fourth-order valence-electron chi connectivity index (χ4n) is 0.839. The van der Waals surface area contributed by atoms with Crippen molar-refractivity contribution in [3.05, 3.63) is 34.1 Å². The van der Waals surface area contributed by atoms with E-state index in [-0.39, 0.29) is 0 Å². The van der Waals surface area contributed by atoms with Gasteiger partial charge in [0.25, 0.3) is 0 Å². The van der Waals surface area contributed by atoms with Crippen LogP contribution in [0.2, 0.25) is 10.3 Å². The van der Waals surface area contributed by atoms with E-state index in [1.165, 1.54) is 0 Å². The lowest BCUT2D eigenvalue weighted by Gasteiger charge is -1.95. The van der Waals surface area contributed by atoms with Crippen LogP contribution < -0.4 is 0 Å². The summed E-state index contributed by atoms with van der Waals surface area (Å²) in [4.78, 5) is 13.8. The van der Waals surface area contributed by atoms with Crippen LogP contribution in [0.5, 0.6) is 0 Å². The molecule has 0 saturated heterocycles. The standard InChI is InChI=1S/C9H7Cl2NO/c10-8-5-7(3-1-2-4-13)6-9(11)12-8/h1,3-6H,2H2. The molecule has 0 aliphatic carbocycles. The Balaban J connectivity index is 2.82. The summed E-state index contributed by atoms with van der Waals surface area (Å²) in [6.07, 6.45) is 4.71. The molecule has 0 aliphatic heterocycles. The summed E-state index contributed by atoms with van der Waals surface area (Å²) >= 11 is 11.3. The fraction of sp³-hybridized carbons (Fsp3) is 0.111. The number of hydrogen-bond acceptors (Lipinski definition) is 2. The smallest absolute Gasteiger partial charge is 0.131 e. The average molecular weight is 216 g/mol. The molecule has 0 atom stereocenters. The summed E-state index contributed by atoms with van der Waals surface area (Å²) in [6, 6.07) is 3.35. The van der Waals surface area contributed by atoms with Gasteiger partial charge in [-0.3, -0.25) is 0 Å². The zero-order valence-electron chi connectivity index (χ0n) is 6.71. The number of allylic oxidation sites excluding steroid dienone is 1. The van der Waals surface area contributed by atoms with Crippen molar-refractivity contribution in [3.8, 4) is 0 Å². The van der Waals surface area contributed by atoms with Crippen molar-refractivity contribution in [2.24, 2.45) is 0 Å². The van der Waals surface area contributed by atoms with Gasteiger partial charge in [0.15, 0.2) is 0 Å². The monoisotopic (exact) mass is 215 g/mol. The van der Waals surface area contributed by atoms with Crippen LogP contribution >= 0.6 is 23.2 Å². The van der Waals surface area contributed by atoms with Gasteiger partial charge < -0.3 is 4.79 Å². The third kappa shape index (κ3) is 3.57. The second-order valence-electron chi connectivity index (χ2n) is 2.35. The number of aromatic nitrogens is 1. The fourth-order valence-corrected chi connectivity index (χ4v) is 1.32. The largest absolute Gasteiger partial charge is 0.303 e. The van der Waals surface area contributed by atoms with Crippen LogP contribution in [0.1, 0.15) is 12.0 Å². The van der Waals surface area contributed by atoms with Gasteiger partial charge in [-0.25, -0.2) is 4.98 Å². The van der Waals surface area contributed by atoms with E-state index in [1.807, 2.05) is 0 Å². The Morgan fingerprint density at radius 1 is 1.31 bits per heavy atom. The first-order valence-corrected chi connectivity index (χ1v) is 4.41. The number of rotatable bonds is 3. The van der Waals surface area contributed by atoms with Gasteiger partial charge in [0.05, 0.1) is 0 Å². The molecule has 0 N–H and O–H groups in total. The number of carbonyl (C=O) groups is 1. The van der Waals surface area contributed by atoms with Crippen LogP contribution in [0.15, 0.2) is 18.2 Å². The Morgan fingerprint density at radius 3 is 2.46 bits per heavy atom. The van der Waals surface area contributed by atoms with E-state index >= 15 is 0 Å². The van der Waals surface area contributed by atoms with Crippen molar-refractivity contribution in [2.75, 3.05) is 0 Å². The van der Waals surface area contributed by atoms with E-state index in [1.54, 1.807) is 24.3 Å². The van der Waals surface area contributed by atoms with Gasteiger partial charge in [0.1, 0.15) is 16.6 Å². The molecule has 0 aliphatic rings. The van der Waals surface area contributed by atoms with Crippen molar-refractivity contribution in [3.63, 3.8) is 0 Å². The van der Waals surface area contributed by atoms with Gasteiger partial charge in [-0.05, 0) is 17.7 Å². The van der Waals surface area contributed by atoms with Gasteiger partial charge in [-0.1, -0.05) is 35.4 Å². The topological polar surface area (TPSA) is 30.0 Å². The highest BCUT2D eigenvalue weighted by Crippen LogP contribution is 2.15. The number of nitrogens with zero attached hydrogens (tertiary/aromatic N) is 1. The first-order valence-electron chi connectivity index (χ1n) is 3.65. The van der Waals surface area contributed by atoms with Crippen LogP contribution in [0, 0.1) is 0 Å². The number of hydrogen-bond donors (Lipinski definition) is 0. The number of aldehydes is 1. The Kier molecular flexibility index (Phi) is 3.93. The summed E-state index contributed by atoms with van der Waals surface area (Å²) in [5, 5.41) is 0.691. The molecule has 0 radical (unpaired) electrons. The molecule has 13 heavy (non-hydrogen) atoms. The maximum Gasteiger partial charge on any atom is 0.131 e. The van der Waals surface area contributed by atoms with Gasteiger partial charge in [0.2, 0.25) is 0 Å². The predicted molar refractivity (Wildman–Crippen MR) is 54.0 cm³/mol. The van der Waals surface area contributed by atoms with E-state index in [4.69, 9.17) is 23.2 Å². The number of halogens is 2. The van der Waals surface area contributed by atoms with Crippen LogP contribution in [-0.2, 0) is 4.79 Å². The Labute approximate surface area is 86.2 Å². The van der Waals surface area contributed by atoms with Crippen LogP contribution in [0.25, 0.3) is 6.08 Å². The lowest BCUT2D eigenvalue weighted by molar-refractivity contribution is -0.107. The molecule has 4 heteroatoms. The molecule has 1 aromatic rings. The molecule has 0 spiro atoms. The zero-order chi connectivity index (χ0) is 9.68. The molecular formula is C9H7Cl2NO. The summed E-state index contributed by atoms with van der Waals surface area (Å²) in [6.45, 7) is 0. The molecule has 2 nitrogen and oxygen atoms in total. The highest BCUT2D eigenvalue weighted by Gasteiger charge is 1.95. The molecular weight excluding hydrogens is 209 g/mol. The average Bonchev–Trinajstić information content (AvgIpc) is 2.03. The number of pyridine rings is 1. The van der Waals surface area contributed by atoms with Gasteiger partial charge in [0, 0.05) is 6.42 Å². The second-order valence-corrected chi connectivity index (χ2v) is 3.13. The minimum Gasteiger partial charge on any atom is -0.303 e. The van der Waals surface area contributed by atoms with Crippen molar-refractivity contribution < 1.29 is 4.79 Å². The van der Waals surface area contributed by atoms with Crippen LogP contribution in [-0.4, -0.2) is 11.3 Å². The van der Waals surface area contributed by atoms with Crippen LogP contribution in [0.3, 0.4) is 0 Å². The van der Waals surface area contributed by atoms with Gasteiger partial charge >= 0.3 is 0 Å². The third-order valence-electron chi connectivity index (χ3n) is 1.33. The molecule has 68 valence electrons. The molecule has 0 unspecified atom stereocenters. The molecule has 1 heterocycles. The lowest BCUT2D eigenvalue weighted by atomic mass is 10.2. The highest BCUT2D eigenvalue weighted by atomic mass is 35.5. The maximum atomic E-state index is 10.0. The van der Waals surface area contributed by atoms with E-state index in [2.05, 4.69) is 4.98 Å². The Bertz CT molecular complexity index is 316. The molecule has 1 aromatic heterocycles. The molecule has 0 aromatic carbocycles. The van der Waals surface area contributed by atoms with E-state index in [9.17, 15) is 4.79 Å². The molecule has 0 fully saturated rings. The van der Waals surface area contributed by atoms with Crippen molar-refractivity contribution in [1.82, 2.24) is 4.98 Å². The SMILES string of the molecule is O=CCC=Cc1cc(Cl)nc(Cl)c1. The van der Waals surface area contributed by atoms with Crippen LogP contribution in [0.4, 0.5) is 0 Å². The Hall–Kier alpha value is -0.860. The first kappa shape index (κ1) is 10.2. The minimum atomic E-state index is 0.346. The van der Waals surface area contributed by atoms with Crippen molar-refractivity contribution in [1.29, 1.82) is 0 Å². The summed E-state index contributed by atoms with van der Waals surface area (Å²) in [7, 11) is 0. The summed E-state index contributed by atoms with van der Waals surface area (Å²) in [5.41, 5.74) is 0.840. The predicted octanol–water partition coefficient (Wildman–Crippen LogP) is 2.99. The number of carbonyl (C=O) groups excluding carboxylic acids is 1. The molecule has 1 rings (SSSR count). The summed E-state index contributed by atoms with van der Waals surface area (Å²) in [5.74, 6) is 0. The first-order chi connectivity index (χ1) is 6.22. The van der Waals surface area contributed by atoms with E-state index in [0.717, 1.165) is 11.8 Å². The third-order valence-corrected chi connectivity index (χ3v) is 1.72. The molecule has 0 bridgehead atoms. The van der Waals surface area contributed by atoms with E-state index in [0.29, 0.717) is 16.7 Å². The maximum absolute atomic E-state index is 10.0. The quantitative estimate of drug-likeness (QED) is 0.574. The Morgan fingerprint density at radius 2 is 1.92 bits per heavy atom. The molecule has 0 amide bonds. The normalized spacial score (nSPS) is 10.6. The van der Waals surface area contributed by atoms with Gasteiger partial charge in [-0.15, -0.1) is 0 Å². The van der Waals surface area contributed by atoms with E-state index < -0.39 is 0 Å². The minimum absolute atomic E-state index is 0.346. The second kappa shape index (κ2) is 5.00. The lowest BCUT2D eigenvalue weighted by Crippen LogP contribution is -1.79. The highest BCUT2D eigenvalue weighted by molar-refractivity contribution is 6.32.